The monoisotopic (exact) mass is 277 g/mol. The lowest BCUT2D eigenvalue weighted by Gasteiger charge is -2.44. The van der Waals surface area contributed by atoms with E-state index in [1.165, 1.54) is 0 Å². The van der Waals surface area contributed by atoms with E-state index in [1.807, 2.05) is 6.07 Å². The summed E-state index contributed by atoms with van der Waals surface area (Å²) < 4.78 is 5.55. The number of nitrogen functional groups attached to an aromatic ring is 1. The van der Waals surface area contributed by atoms with Crippen LogP contribution in [0.5, 0.6) is 0 Å². The molecule has 0 radical (unpaired) electrons. The van der Waals surface area contributed by atoms with E-state index < -0.39 is 0 Å². The SMILES string of the molecule is CN(C)C(=O)c1ccc(N)cc1N1CCOCC1(C)C. The Morgan fingerprint density at radius 2 is 2.10 bits per heavy atom. The number of anilines is 2. The molecule has 0 atom stereocenters. The van der Waals surface area contributed by atoms with Crippen molar-refractivity contribution in [2.24, 2.45) is 0 Å². The molecule has 0 bridgehead atoms. The van der Waals surface area contributed by atoms with Crippen LogP contribution >= 0.6 is 0 Å². The molecule has 1 heterocycles. The van der Waals surface area contributed by atoms with Gasteiger partial charge in [0, 0.05) is 26.3 Å². The molecule has 20 heavy (non-hydrogen) atoms. The second kappa shape index (κ2) is 5.32. The number of carbonyl (C=O) groups excluding carboxylic acids is 1. The molecule has 1 amide bonds. The predicted octanol–water partition coefficient (Wildman–Crippen LogP) is 1.59. The maximum Gasteiger partial charge on any atom is 0.255 e. The van der Waals surface area contributed by atoms with Crippen LogP contribution in [0.25, 0.3) is 0 Å². The van der Waals surface area contributed by atoms with Crippen molar-refractivity contribution in [3.8, 4) is 0 Å². The molecule has 1 aromatic rings. The van der Waals surface area contributed by atoms with Gasteiger partial charge in [0.2, 0.25) is 0 Å². The van der Waals surface area contributed by atoms with Gasteiger partial charge < -0.3 is 20.3 Å². The standard InChI is InChI=1S/C15H23N3O2/c1-15(2)10-20-8-7-18(15)13-9-11(16)5-6-12(13)14(19)17(3)4/h5-6,9H,7-8,10,16H2,1-4H3. The highest BCUT2D eigenvalue weighted by molar-refractivity contribution is 6.00. The van der Waals surface area contributed by atoms with Crippen LogP contribution in [0.2, 0.25) is 0 Å². The van der Waals surface area contributed by atoms with Gasteiger partial charge in [-0.25, -0.2) is 0 Å². The normalized spacial score (nSPS) is 17.9. The van der Waals surface area contributed by atoms with Gasteiger partial charge in [-0.15, -0.1) is 0 Å². The minimum Gasteiger partial charge on any atom is -0.399 e. The summed E-state index contributed by atoms with van der Waals surface area (Å²) in [6.07, 6.45) is 0. The van der Waals surface area contributed by atoms with Crippen LogP contribution in [-0.4, -0.2) is 50.2 Å². The van der Waals surface area contributed by atoms with Gasteiger partial charge in [0.15, 0.2) is 0 Å². The van der Waals surface area contributed by atoms with Crippen LogP contribution in [0.3, 0.4) is 0 Å². The number of benzene rings is 1. The maximum atomic E-state index is 12.4. The largest absolute Gasteiger partial charge is 0.399 e. The van der Waals surface area contributed by atoms with Gasteiger partial charge in [-0.05, 0) is 32.0 Å². The van der Waals surface area contributed by atoms with Crippen LogP contribution in [0.1, 0.15) is 24.2 Å². The zero-order valence-electron chi connectivity index (χ0n) is 12.6. The molecule has 1 aliphatic rings. The number of carbonyl (C=O) groups is 1. The van der Waals surface area contributed by atoms with Crippen molar-refractivity contribution in [1.82, 2.24) is 4.90 Å². The molecule has 0 saturated carbocycles. The van der Waals surface area contributed by atoms with Gasteiger partial charge in [0.25, 0.3) is 5.91 Å². The van der Waals surface area contributed by atoms with Crippen LogP contribution in [-0.2, 0) is 4.74 Å². The lowest BCUT2D eigenvalue weighted by atomic mass is 9.99. The van der Waals surface area contributed by atoms with Gasteiger partial charge in [0.05, 0.1) is 30.0 Å². The first-order chi connectivity index (χ1) is 9.33. The Balaban J connectivity index is 2.48. The highest BCUT2D eigenvalue weighted by Crippen LogP contribution is 2.32. The molecule has 2 N–H and O–H groups in total. The van der Waals surface area contributed by atoms with Crippen molar-refractivity contribution < 1.29 is 9.53 Å². The molecule has 110 valence electrons. The van der Waals surface area contributed by atoms with Gasteiger partial charge in [-0.3, -0.25) is 4.79 Å². The highest BCUT2D eigenvalue weighted by atomic mass is 16.5. The molecule has 0 unspecified atom stereocenters. The van der Waals surface area contributed by atoms with Gasteiger partial charge in [0.1, 0.15) is 0 Å². The molecule has 2 rings (SSSR count). The summed E-state index contributed by atoms with van der Waals surface area (Å²) in [7, 11) is 3.51. The molecule has 1 aliphatic heterocycles. The number of ether oxygens (including phenoxy) is 1. The average Bonchev–Trinajstić information content (AvgIpc) is 2.37. The molecular formula is C15H23N3O2. The first-order valence-corrected chi connectivity index (χ1v) is 6.79. The summed E-state index contributed by atoms with van der Waals surface area (Å²) in [5.41, 5.74) is 7.99. The van der Waals surface area contributed by atoms with E-state index in [-0.39, 0.29) is 11.4 Å². The summed E-state index contributed by atoms with van der Waals surface area (Å²) >= 11 is 0. The van der Waals surface area contributed by atoms with E-state index in [9.17, 15) is 4.79 Å². The van der Waals surface area contributed by atoms with Crippen molar-refractivity contribution >= 4 is 17.3 Å². The molecule has 5 nitrogen and oxygen atoms in total. The van der Waals surface area contributed by atoms with Crippen LogP contribution < -0.4 is 10.6 Å². The van der Waals surface area contributed by atoms with Crippen molar-refractivity contribution in [2.45, 2.75) is 19.4 Å². The van der Waals surface area contributed by atoms with Crippen molar-refractivity contribution in [3.05, 3.63) is 23.8 Å². The van der Waals surface area contributed by atoms with Gasteiger partial charge >= 0.3 is 0 Å². The quantitative estimate of drug-likeness (QED) is 0.834. The van der Waals surface area contributed by atoms with E-state index in [2.05, 4.69) is 18.7 Å². The number of hydrogen-bond acceptors (Lipinski definition) is 4. The Labute approximate surface area is 120 Å². The van der Waals surface area contributed by atoms with Crippen LogP contribution in [0, 0.1) is 0 Å². The molecule has 0 spiro atoms. The van der Waals surface area contributed by atoms with Crippen LogP contribution in [0.15, 0.2) is 18.2 Å². The fraction of sp³-hybridized carbons (Fsp3) is 0.533. The fourth-order valence-corrected chi connectivity index (χ4v) is 2.50. The molecule has 0 aromatic heterocycles. The minimum absolute atomic E-state index is 0.0118. The van der Waals surface area contributed by atoms with Crippen molar-refractivity contribution in [2.75, 3.05) is 44.5 Å². The van der Waals surface area contributed by atoms with E-state index in [0.717, 1.165) is 12.2 Å². The lowest BCUT2D eigenvalue weighted by molar-refractivity contribution is 0.0639. The summed E-state index contributed by atoms with van der Waals surface area (Å²) in [6, 6.07) is 5.45. The zero-order chi connectivity index (χ0) is 14.9. The van der Waals surface area contributed by atoms with E-state index in [4.69, 9.17) is 10.5 Å². The third-order valence-corrected chi connectivity index (χ3v) is 3.59. The number of nitrogens with two attached hydrogens (primary N) is 1. The molecule has 1 saturated heterocycles. The van der Waals surface area contributed by atoms with E-state index >= 15 is 0 Å². The zero-order valence-corrected chi connectivity index (χ0v) is 12.6. The predicted molar refractivity (Wildman–Crippen MR) is 81.1 cm³/mol. The molecule has 1 fully saturated rings. The van der Waals surface area contributed by atoms with Gasteiger partial charge in [-0.2, -0.15) is 0 Å². The Morgan fingerprint density at radius 3 is 2.70 bits per heavy atom. The Bertz CT molecular complexity index is 512. The maximum absolute atomic E-state index is 12.4. The van der Waals surface area contributed by atoms with Crippen molar-refractivity contribution in [1.29, 1.82) is 0 Å². The Morgan fingerprint density at radius 1 is 1.40 bits per heavy atom. The highest BCUT2D eigenvalue weighted by Gasteiger charge is 2.33. The van der Waals surface area contributed by atoms with Crippen LogP contribution in [0.4, 0.5) is 11.4 Å². The second-order valence-electron chi connectivity index (χ2n) is 5.99. The van der Waals surface area contributed by atoms with Gasteiger partial charge in [-0.1, -0.05) is 0 Å². The van der Waals surface area contributed by atoms with E-state index in [0.29, 0.717) is 24.5 Å². The second-order valence-corrected chi connectivity index (χ2v) is 5.99. The minimum atomic E-state index is -0.159. The fourth-order valence-electron chi connectivity index (χ4n) is 2.50. The first kappa shape index (κ1) is 14.7. The lowest BCUT2D eigenvalue weighted by Crippen LogP contribution is -2.53. The summed E-state index contributed by atoms with van der Waals surface area (Å²) in [4.78, 5) is 16.2. The first-order valence-electron chi connectivity index (χ1n) is 6.79. The number of amides is 1. The van der Waals surface area contributed by atoms with Crippen molar-refractivity contribution in [3.63, 3.8) is 0 Å². The average molecular weight is 277 g/mol. The third-order valence-electron chi connectivity index (χ3n) is 3.59. The number of rotatable bonds is 2. The molecular weight excluding hydrogens is 254 g/mol. The Hall–Kier alpha value is -1.75. The van der Waals surface area contributed by atoms with E-state index in [1.54, 1.807) is 31.1 Å². The molecule has 5 heteroatoms. The smallest absolute Gasteiger partial charge is 0.255 e. The Kier molecular flexibility index (Phi) is 3.90. The summed E-state index contributed by atoms with van der Waals surface area (Å²) in [5, 5.41) is 0. The molecule has 1 aromatic carbocycles. The summed E-state index contributed by atoms with van der Waals surface area (Å²) in [5.74, 6) is -0.0118. The molecule has 0 aliphatic carbocycles. The number of morpholine rings is 1. The number of nitrogens with zero attached hydrogens (tertiary/aromatic N) is 2. The topological polar surface area (TPSA) is 58.8 Å². The third kappa shape index (κ3) is 2.72. The number of hydrogen-bond donors (Lipinski definition) is 1. The summed E-state index contributed by atoms with van der Waals surface area (Å²) in [6.45, 7) is 6.27.